The Kier molecular flexibility index (Phi) is 3.53. The van der Waals surface area contributed by atoms with E-state index >= 15 is 0 Å². The summed E-state index contributed by atoms with van der Waals surface area (Å²) in [6, 6.07) is 0. The van der Waals surface area contributed by atoms with Gasteiger partial charge in [0, 0.05) is 12.8 Å². The highest BCUT2D eigenvalue weighted by atomic mass is 32.2. The fraction of sp³-hybridized carbons (Fsp3) is 0.833. The molecule has 1 rings (SSSR count). The van der Waals surface area contributed by atoms with E-state index in [2.05, 4.69) is 20.7 Å². The van der Waals surface area contributed by atoms with Crippen LogP contribution in [0, 0.1) is 0 Å². The Hall–Kier alpha value is -1.02. The first-order valence-corrected chi connectivity index (χ1v) is 6.15. The molecule has 8 heteroatoms. The first-order chi connectivity index (χ1) is 6.47. The van der Waals surface area contributed by atoms with E-state index in [4.69, 9.17) is 0 Å². The molecule has 1 aromatic rings. The molecule has 0 amide bonds. The molecule has 7 nitrogen and oxygen atoms in total. The maximum atomic E-state index is 10.8. The Labute approximate surface area is 82.4 Å². The molecule has 0 fully saturated rings. The lowest BCUT2D eigenvalue weighted by Gasteiger charge is -1.99. The Balaban J connectivity index is 2.23. The molecule has 0 bridgehead atoms. The van der Waals surface area contributed by atoms with Crippen LogP contribution in [0.4, 0.5) is 0 Å². The lowest BCUT2D eigenvalue weighted by Crippen LogP contribution is -2.22. The maximum absolute atomic E-state index is 10.8. The molecule has 0 radical (unpaired) electrons. The highest BCUT2D eigenvalue weighted by Gasteiger charge is 2.02. The number of nitrogens with one attached hydrogen (secondary N) is 1. The summed E-state index contributed by atoms with van der Waals surface area (Å²) >= 11 is 0. The van der Waals surface area contributed by atoms with Crippen molar-refractivity contribution >= 4 is 9.84 Å². The van der Waals surface area contributed by atoms with Crippen molar-refractivity contribution in [2.45, 2.75) is 6.54 Å². The zero-order valence-corrected chi connectivity index (χ0v) is 8.95. The number of tetrazole rings is 1. The Morgan fingerprint density at radius 3 is 2.71 bits per heavy atom. The molecule has 1 aromatic heterocycles. The Bertz CT molecular complexity index is 385. The minimum atomic E-state index is -2.90. The monoisotopic (exact) mass is 219 g/mol. The number of nitrogens with zero attached hydrogens (tertiary/aromatic N) is 4. The van der Waals surface area contributed by atoms with Crippen molar-refractivity contribution in [1.82, 2.24) is 25.5 Å². The van der Waals surface area contributed by atoms with Crippen LogP contribution in [0.1, 0.15) is 5.82 Å². The molecule has 0 aromatic carbocycles. The van der Waals surface area contributed by atoms with Gasteiger partial charge >= 0.3 is 0 Å². The lowest BCUT2D eigenvalue weighted by molar-refractivity contribution is 0.594. The van der Waals surface area contributed by atoms with E-state index in [9.17, 15) is 8.42 Å². The van der Waals surface area contributed by atoms with Gasteiger partial charge in [0.2, 0.25) is 0 Å². The van der Waals surface area contributed by atoms with Gasteiger partial charge in [0.25, 0.3) is 0 Å². The van der Waals surface area contributed by atoms with Crippen LogP contribution < -0.4 is 5.32 Å². The van der Waals surface area contributed by atoms with Gasteiger partial charge in [-0.05, 0) is 5.21 Å². The lowest BCUT2D eigenvalue weighted by atomic mass is 10.6. The van der Waals surface area contributed by atoms with Gasteiger partial charge in [-0.3, -0.25) is 0 Å². The summed E-state index contributed by atoms with van der Waals surface area (Å²) in [6.07, 6.45) is 1.20. The van der Waals surface area contributed by atoms with Gasteiger partial charge in [0.15, 0.2) is 5.82 Å². The van der Waals surface area contributed by atoms with Crippen molar-refractivity contribution in [2.24, 2.45) is 7.05 Å². The first-order valence-electron chi connectivity index (χ1n) is 4.09. The van der Waals surface area contributed by atoms with Crippen LogP contribution in [0.5, 0.6) is 0 Å². The molecule has 0 unspecified atom stereocenters. The molecule has 0 saturated heterocycles. The van der Waals surface area contributed by atoms with Crippen LogP contribution in [0.3, 0.4) is 0 Å². The van der Waals surface area contributed by atoms with Crippen molar-refractivity contribution in [3.05, 3.63) is 5.82 Å². The number of aryl methyl sites for hydroxylation is 1. The molecule has 0 saturated carbocycles. The molecule has 80 valence electrons. The van der Waals surface area contributed by atoms with Crippen molar-refractivity contribution in [3.63, 3.8) is 0 Å². The van der Waals surface area contributed by atoms with E-state index in [1.807, 2.05) is 0 Å². The van der Waals surface area contributed by atoms with Gasteiger partial charge in [0.05, 0.1) is 19.3 Å². The molecule has 0 spiro atoms. The van der Waals surface area contributed by atoms with E-state index in [1.54, 1.807) is 7.05 Å². The van der Waals surface area contributed by atoms with Crippen molar-refractivity contribution in [2.75, 3.05) is 18.6 Å². The zero-order valence-electron chi connectivity index (χ0n) is 8.13. The highest BCUT2D eigenvalue weighted by Crippen LogP contribution is 1.84. The summed E-state index contributed by atoms with van der Waals surface area (Å²) in [5, 5.41) is 14.2. The van der Waals surface area contributed by atoms with Gasteiger partial charge in [-0.25, -0.2) is 8.42 Å². The average molecular weight is 219 g/mol. The van der Waals surface area contributed by atoms with Gasteiger partial charge in [-0.15, -0.1) is 10.2 Å². The second kappa shape index (κ2) is 4.47. The Morgan fingerprint density at radius 1 is 1.50 bits per heavy atom. The van der Waals surface area contributed by atoms with Crippen LogP contribution in [0.2, 0.25) is 0 Å². The minimum absolute atomic E-state index is 0.118. The topological polar surface area (TPSA) is 89.8 Å². The van der Waals surface area contributed by atoms with Crippen LogP contribution in [-0.4, -0.2) is 47.2 Å². The molecule has 1 N–H and O–H groups in total. The summed E-state index contributed by atoms with van der Waals surface area (Å²) in [6.45, 7) is 0.834. The van der Waals surface area contributed by atoms with E-state index in [-0.39, 0.29) is 5.75 Å². The van der Waals surface area contributed by atoms with Gasteiger partial charge in [-0.1, -0.05) is 0 Å². The minimum Gasteiger partial charge on any atom is -0.309 e. The van der Waals surface area contributed by atoms with Gasteiger partial charge in [0.1, 0.15) is 9.84 Å². The van der Waals surface area contributed by atoms with E-state index in [0.29, 0.717) is 18.9 Å². The first kappa shape index (κ1) is 11.1. The maximum Gasteiger partial charge on any atom is 0.188 e. The fourth-order valence-electron chi connectivity index (χ4n) is 0.852. The summed E-state index contributed by atoms with van der Waals surface area (Å²) in [5.41, 5.74) is 0. The van der Waals surface area contributed by atoms with Gasteiger partial charge < -0.3 is 5.32 Å². The van der Waals surface area contributed by atoms with E-state index < -0.39 is 9.84 Å². The standard InChI is InChI=1S/C6H13N5O2S/c1-11-9-6(8-10-11)5-7-3-4-14(2,12)13/h7H,3-5H2,1-2H3. The van der Waals surface area contributed by atoms with Crippen molar-refractivity contribution in [3.8, 4) is 0 Å². The van der Waals surface area contributed by atoms with Crippen molar-refractivity contribution in [1.29, 1.82) is 0 Å². The van der Waals surface area contributed by atoms with E-state index in [1.165, 1.54) is 11.1 Å². The number of sulfone groups is 1. The molecule has 14 heavy (non-hydrogen) atoms. The molecule has 0 aliphatic heterocycles. The second-order valence-electron chi connectivity index (χ2n) is 3.00. The SMILES string of the molecule is Cn1nnc(CNCCS(C)(=O)=O)n1. The predicted molar refractivity (Wildman–Crippen MR) is 50.2 cm³/mol. The third kappa shape index (κ3) is 4.28. The zero-order chi connectivity index (χ0) is 10.6. The summed E-state index contributed by atoms with van der Waals surface area (Å²) in [4.78, 5) is 1.35. The number of hydrogen-bond donors (Lipinski definition) is 1. The van der Waals surface area contributed by atoms with Crippen LogP contribution in [-0.2, 0) is 23.4 Å². The fourth-order valence-corrected chi connectivity index (χ4v) is 1.37. The van der Waals surface area contributed by atoms with E-state index in [0.717, 1.165) is 0 Å². The van der Waals surface area contributed by atoms with Gasteiger partial charge in [-0.2, -0.15) is 4.80 Å². The smallest absolute Gasteiger partial charge is 0.188 e. The molecular weight excluding hydrogens is 206 g/mol. The average Bonchev–Trinajstić information content (AvgIpc) is 2.44. The van der Waals surface area contributed by atoms with Crippen LogP contribution in [0.25, 0.3) is 0 Å². The predicted octanol–water partition coefficient (Wildman–Crippen LogP) is -1.66. The third-order valence-corrected chi connectivity index (χ3v) is 2.43. The third-order valence-electron chi connectivity index (χ3n) is 1.48. The van der Waals surface area contributed by atoms with Crippen LogP contribution in [0.15, 0.2) is 0 Å². The summed E-state index contributed by atoms with van der Waals surface area (Å²) in [7, 11) is -1.22. The second-order valence-corrected chi connectivity index (χ2v) is 5.26. The Morgan fingerprint density at radius 2 is 2.21 bits per heavy atom. The molecular formula is C6H13N5O2S. The van der Waals surface area contributed by atoms with Crippen molar-refractivity contribution < 1.29 is 8.42 Å². The molecule has 0 atom stereocenters. The molecule has 0 aliphatic rings. The van der Waals surface area contributed by atoms with Crippen LogP contribution >= 0.6 is 0 Å². The number of hydrogen-bond acceptors (Lipinski definition) is 6. The largest absolute Gasteiger partial charge is 0.309 e. The summed E-state index contributed by atoms with van der Waals surface area (Å²) < 4.78 is 21.5. The molecule has 1 heterocycles. The summed E-state index contributed by atoms with van der Waals surface area (Å²) in [5.74, 6) is 0.675. The number of aromatic nitrogens is 4. The quantitative estimate of drug-likeness (QED) is 0.596. The molecule has 0 aliphatic carbocycles. The number of rotatable bonds is 5. The normalized spacial score (nSPS) is 11.9. The highest BCUT2D eigenvalue weighted by molar-refractivity contribution is 7.90.